The molecule has 2 aromatic carbocycles. The Morgan fingerprint density at radius 1 is 1.17 bits per heavy atom. The monoisotopic (exact) mass is 333 g/mol. The molecule has 0 aromatic heterocycles. The Morgan fingerprint density at radius 2 is 1.83 bits per heavy atom. The van der Waals surface area contributed by atoms with Crippen LogP contribution in [0, 0.1) is 6.92 Å². The molecule has 0 saturated heterocycles. The first-order chi connectivity index (χ1) is 11.5. The lowest BCUT2D eigenvalue weighted by molar-refractivity contribution is -0.119. The van der Waals surface area contributed by atoms with Crippen LogP contribution in [0.3, 0.4) is 0 Å². The van der Waals surface area contributed by atoms with E-state index >= 15 is 0 Å². The van der Waals surface area contributed by atoms with Crippen molar-refractivity contribution in [1.82, 2.24) is 5.43 Å². The molecule has 126 valence electrons. The van der Waals surface area contributed by atoms with Gasteiger partial charge in [0.05, 0.1) is 12.8 Å². The molecule has 5 nitrogen and oxygen atoms in total. The number of hydrogen-bond acceptors (Lipinski definition) is 4. The molecule has 24 heavy (non-hydrogen) atoms. The molecule has 2 aromatic rings. The van der Waals surface area contributed by atoms with E-state index in [1.54, 1.807) is 12.1 Å². The smallest absolute Gasteiger partial charge is 0.387 e. The molecule has 0 spiro atoms. The molecule has 0 aliphatic rings. The summed E-state index contributed by atoms with van der Waals surface area (Å²) in [4.78, 5) is 11.7. The van der Waals surface area contributed by atoms with Gasteiger partial charge in [0.25, 0.3) is 5.91 Å². The lowest BCUT2D eigenvalue weighted by Crippen LogP contribution is -2.25. The third-order valence-corrected chi connectivity index (χ3v) is 3.01. The van der Waals surface area contributed by atoms with Crippen LogP contribution in [0.5, 0.6) is 5.75 Å². The number of alkyl halides is 2. The first-order valence-corrected chi connectivity index (χ1v) is 7.20. The van der Waals surface area contributed by atoms with Gasteiger partial charge in [-0.15, -0.1) is 0 Å². The van der Waals surface area contributed by atoms with Gasteiger partial charge in [-0.1, -0.05) is 17.7 Å². The van der Waals surface area contributed by atoms with Crippen LogP contribution in [0.2, 0.25) is 0 Å². The summed E-state index contributed by atoms with van der Waals surface area (Å²) in [5, 5.41) is 6.78. The highest BCUT2D eigenvalue weighted by atomic mass is 19.3. The third kappa shape index (κ3) is 6.04. The van der Waals surface area contributed by atoms with Crippen molar-refractivity contribution < 1.29 is 18.3 Å². The summed E-state index contributed by atoms with van der Waals surface area (Å²) in [6.45, 7) is -0.788. The van der Waals surface area contributed by atoms with E-state index < -0.39 is 6.61 Å². The fourth-order valence-electron chi connectivity index (χ4n) is 1.81. The molecule has 7 heteroatoms. The van der Waals surface area contributed by atoms with Crippen molar-refractivity contribution in [2.24, 2.45) is 5.10 Å². The average molecular weight is 333 g/mol. The van der Waals surface area contributed by atoms with Crippen LogP contribution in [-0.4, -0.2) is 25.3 Å². The highest BCUT2D eigenvalue weighted by molar-refractivity contribution is 5.84. The van der Waals surface area contributed by atoms with E-state index in [1.807, 2.05) is 31.2 Å². The van der Waals surface area contributed by atoms with E-state index in [2.05, 4.69) is 20.6 Å². The molecule has 0 saturated carbocycles. The number of rotatable bonds is 7. The Bertz CT molecular complexity index is 686. The first-order valence-electron chi connectivity index (χ1n) is 7.20. The minimum atomic E-state index is -2.86. The van der Waals surface area contributed by atoms with Gasteiger partial charge in [-0.25, -0.2) is 5.43 Å². The van der Waals surface area contributed by atoms with Crippen LogP contribution in [0.4, 0.5) is 14.5 Å². The summed E-state index contributed by atoms with van der Waals surface area (Å²) in [5.74, 6) is -0.238. The van der Waals surface area contributed by atoms with Gasteiger partial charge < -0.3 is 10.1 Å². The molecule has 0 bridgehead atoms. The van der Waals surface area contributed by atoms with E-state index in [0.29, 0.717) is 5.56 Å². The summed E-state index contributed by atoms with van der Waals surface area (Å²) >= 11 is 0. The SMILES string of the molecule is Cc1ccc(NCC(=O)N/N=C/c2ccc(OC(F)F)cc2)cc1. The Labute approximate surface area is 138 Å². The van der Waals surface area contributed by atoms with E-state index in [0.717, 1.165) is 11.3 Å². The number of carbonyl (C=O) groups is 1. The number of amides is 1. The van der Waals surface area contributed by atoms with Crippen LogP contribution < -0.4 is 15.5 Å². The van der Waals surface area contributed by atoms with Crippen molar-refractivity contribution in [2.75, 3.05) is 11.9 Å². The number of carbonyl (C=O) groups excluding carboxylic acids is 1. The van der Waals surface area contributed by atoms with Gasteiger partial charge in [-0.2, -0.15) is 13.9 Å². The Kier molecular flexibility index (Phi) is 6.24. The summed E-state index contributed by atoms with van der Waals surface area (Å²) in [6, 6.07) is 13.6. The largest absolute Gasteiger partial charge is 0.435 e. The molecule has 2 N–H and O–H groups in total. The highest BCUT2D eigenvalue weighted by Gasteiger charge is 2.03. The van der Waals surface area contributed by atoms with Crippen molar-refractivity contribution in [3.63, 3.8) is 0 Å². The predicted molar refractivity (Wildman–Crippen MR) is 88.5 cm³/mol. The summed E-state index contributed by atoms with van der Waals surface area (Å²) < 4.78 is 28.3. The van der Waals surface area contributed by atoms with Gasteiger partial charge in [-0.05, 0) is 48.9 Å². The summed E-state index contributed by atoms with van der Waals surface area (Å²) in [7, 11) is 0. The van der Waals surface area contributed by atoms with Gasteiger partial charge in [0.2, 0.25) is 0 Å². The van der Waals surface area contributed by atoms with Crippen LogP contribution in [-0.2, 0) is 4.79 Å². The topological polar surface area (TPSA) is 62.7 Å². The first kappa shape index (κ1) is 17.4. The van der Waals surface area contributed by atoms with Crippen molar-refractivity contribution in [3.05, 3.63) is 59.7 Å². The van der Waals surface area contributed by atoms with Gasteiger partial charge >= 0.3 is 6.61 Å². The number of nitrogens with zero attached hydrogens (tertiary/aromatic N) is 1. The number of nitrogens with one attached hydrogen (secondary N) is 2. The molecule has 0 fully saturated rings. The standard InChI is InChI=1S/C17H17F2N3O2/c1-12-2-6-14(7-3-12)20-11-16(23)22-21-10-13-4-8-15(9-5-13)24-17(18)19/h2-10,17,20H,11H2,1H3,(H,22,23)/b21-10+. The normalized spacial score (nSPS) is 10.8. The molecule has 1 amide bonds. The quantitative estimate of drug-likeness (QED) is 0.604. The lowest BCUT2D eigenvalue weighted by Gasteiger charge is -2.05. The van der Waals surface area contributed by atoms with Gasteiger partial charge in [0, 0.05) is 5.69 Å². The molecular formula is C17H17F2N3O2. The second-order valence-corrected chi connectivity index (χ2v) is 4.96. The number of benzene rings is 2. The Balaban J connectivity index is 1.76. The van der Waals surface area contributed by atoms with Gasteiger partial charge in [-0.3, -0.25) is 4.79 Å². The van der Waals surface area contributed by atoms with E-state index in [9.17, 15) is 13.6 Å². The predicted octanol–water partition coefficient (Wildman–Crippen LogP) is 3.16. The van der Waals surface area contributed by atoms with E-state index in [4.69, 9.17) is 0 Å². The van der Waals surface area contributed by atoms with E-state index in [-0.39, 0.29) is 18.2 Å². The zero-order valence-corrected chi connectivity index (χ0v) is 13.0. The van der Waals surface area contributed by atoms with Crippen LogP contribution in [0.25, 0.3) is 0 Å². The average Bonchev–Trinajstić information content (AvgIpc) is 2.55. The van der Waals surface area contributed by atoms with Crippen molar-refractivity contribution in [2.45, 2.75) is 13.5 Å². The van der Waals surface area contributed by atoms with Crippen molar-refractivity contribution >= 4 is 17.8 Å². The maximum atomic E-state index is 12.0. The Hall–Kier alpha value is -2.96. The maximum Gasteiger partial charge on any atom is 0.387 e. The minimum Gasteiger partial charge on any atom is -0.435 e. The van der Waals surface area contributed by atoms with Crippen LogP contribution in [0.1, 0.15) is 11.1 Å². The summed E-state index contributed by atoms with van der Waals surface area (Å²) in [5.41, 5.74) is 5.00. The third-order valence-electron chi connectivity index (χ3n) is 3.01. The summed E-state index contributed by atoms with van der Waals surface area (Å²) in [6.07, 6.45) is 1.41. The second-order valence-electron chi connectivity index (χ2n) is 4.96. The molecule has 0 atom stereocenters. The van der Waals surface area contributed by atoms with Gasteiger partial charge in [0.1, 0.15) is 5.75 Å². The number of anilines is 1. The number of halogens is 2. The fourth-order valence-corrected chi connectivity index (χ4v) is 1.81. The van der Waals surface area contributed by atoms with Gasteiger partial charge in [0.15, 0.2) is 0 Å². The highest BCUT2D eigenvalue weighted by Crippen LogP contribution is 2.13. The number of ether oxygens (including phenoxy) is 1. The second kappa shape index (κ2) is 8.61. The number of hydrogen-bond donors (Lipinski definition) is 2. The van der Waals surface area contributed by atoms with E-state index in [1.165, 1.54) is 18.3 Å². The van der Waals surface area contributed by atoms with Crippen molar-refractivity contribution in [3.8, 4) is 5.75 Å². The molecule has 2 rings (SSSR count). The lowest BCUT2D eigenvalue weighted by atomic mass is 10.2. The molecule has 0 radical (unpaired) electrons. The molecule has 0 heterocycles. The van der Waals surface area contributed by atoms with Crippen LogP contribution >= 0.6 is 0 Å². The number of aryl methyl sites for hydroxylation is 1. The zero-order chi connectivity index (χ0) is 17.4. The maximum absolute atomic E-state index is 12.0. The Morgan fingerprint density at radius 3 is 2.46 bits per heavy atom. The molecule has 0 aliphatic carbocycles. The fraction of sp³-hybridized carbons (Fsp3) is 0.176. The molecule has 0 unspecified atom stereocenters. The van der Waals surface area contributed by atoms with Crippen molar-refractivity contribution in [1.29, 1.82) is 0 Å². The minimum absolute atomic E-state index is 0.0634. The molecule has 0 aliphatic heterocycles. The molecular weight excluding hydrogens is 316 g/mol. The zero-order valence-electron chi connectivity index (χ0n) is 13.0. The number of hydrazone groups is 1. The van der Waals surface area contributed by atoms with Crippen LogP contribution in [0.15, 0.2) is 53.6 Å².